The molecular weight excluding hydrogens is 156 g/mol. The van der Waals surface area contributed by atoms with Gasteiger partial charge in [-0.1, -0.05) is 0 Å². The standard InChI is InChI=1S/C9H18O3/c1-11-7-9(10)5-3-8(12-2)4-6-9/h8,10H,3-7H2,1-2H3. The van der Waals surface area contributed by atoms with Gasteiger partial charge in [-0.3, -0.25) is 0 Å². The van der Waals surface area contributed by atoms with Crippen LogP contribution in [0.1, 0.15) is 25.7 Å². The van der Waals surface area contributed by atoms with Gasteiger partial charge in [0.05, 0.1) is 18.3 Å². The summed E-state index contributed by atoms with van der Waals surface area (Å²) in [6.07, 6.45) is 3.80. The average Bonchev–Trinajstić information content (AvgIpc) is 2.06. The second kappa shape index (κ2) is 4.21. The molecule has 1 N–H and O–H groups in total. The predicted octanol–water partition coefficient (Wildman–Crippen LogP) is 0.953. The van der Waals surface area contributed by atoms with Crippen molar-refractivity contribution >= 4 is 0 Å². The van der Waals surface area contributed by atoms with E-state index in [9.17, 15) is 5.11 Å². The van der Waals surface area contributed by atoms with Gasteiger partial charge in [-0.15, -0.1) is 0 Å². The zero-order valence-corrected chi connectivity index (χ0v) is 7.88. The van der Waals surface area contributed by atoms with Crippen LogP contribution in [0.15, 0.2) is 0 Å². The fraction of sp³-hybridized carbons (Fsp3) is 1.00. The normalized spacial score (nSPS) is 36.8. The lowest BCUT2D eigenvalue weighted by atomic mass is 9.84. The van der Waals surface area contributed by atoms with Crippen LogP contribution >= 0.6 is 0 Å². The summed E-state index contributed by atoms with van der Waals surface area (Å²) in [4.78, 5) is 0. The molecule has 0 aromatic heterocycles. The van der Waals surface area contributed by atoms with E-state index in [2.05, 4.69) is 0 Å². The van der Waals surface area contributed by atoms with Crippen LogP contribution in [-0.4, -0.2) is 37.6 Å². The predicted molar refractivity (Wildman–Crippen MR) is 46.1 cm³/mol. The summed E-state index contributed by atoms with van der Waals surface area (Å²) in [7, 11) is 3.35. The fourth-order valence-corrected chi connectivity index (χ4v) is 1.78. The van der Waals surface area contributed by atoms with Crippen molar-refractivity contribution in [1.82, 2.24) is 0 Å². The molecule has 1 rings (SSSR count). The summed E-state index contributed by atoms with van der Waals surface area (Å²) in [5.74, 6) is 0. The van der Waals surface area contributed by atoms with E-state index < -0.39 is 5.60 Å². The van der Waals surface area contributed by atoms with Gasteiger partial charge in [-0.25, -0.2) is 0 Å². The molecular formula is C9H18O3. The number of hydrogen-bond acceptors (Lipinski definition) is 3. The van der Waals surface area contributed by atoms with Crippen LogP contribution in [0.4, 0.5) is 0 Å². The van der Waals surface area contributed by atoms with E-state index in [-0.39, 0.29) is 0 Å². The first kappa shape index (κ1) is 9.96. The largest absolute Gasteiger partial charge is 0.387 e. The fourth-order valence-electron chi connectivity index (χ4n) is 1.78. The van der Waals surface area contributed by atoms with Crippen LogP contribution < -0.4 is 0 Å². The molecule has 1 saturated carbocycles. The second-order valence-corrected chi connectivity index (χ2v) is 3.59. The van der Waals surface area contributed by atoms with Gasteiger partial charge < -0.3 is 14.6 Å². The van der Waals surface area contributed by atoms with Crippen molar-refractivity contribution in [2.24, 2.45) is 0 Å². The quantitative estimate of drug-likeness (QED) is 0.692. The van der Waals surface area contributed by atoms with Crippen molar-refractivity contribution in [2.75, 3.05) is 20.8 Å². The summed E-state index contributed by atoms with van der Waals surface area (Å²) < 4.78 is 10.2. The van der Waals surface area contributed by atoms with E-state index in [4.69, 9.17) is 9.47 Å². The molecule has 0 saturated heterocycles. The summed E-state index contributed by atoms with van der Waals surface area (Å²) in [5.41, 5.74) is -0.593. The smallest absolute Gasteiger partial charge is 0.0881 e. The molecule has 0 aromatic carbocycles. The highest BCUT2D eigenvalue weighted by Gasteiger charge is 2.32. The van der Waals surface area contributed by atoms with E-state index >= 15 is 0 Å². The van der Waals surface area contributed by atoms with Gasteiger partial charge in [-0.05, 0) is 25.7 Å². The van der Waals surface area contributed by atoms with Gasteiger partial charge in [0.1, 0.15) is 0 Å². The molecule has 3 nitrogen and oxygen atoms in total. The third kappa shape index (κ3) is 2.44. The lowest BCUT2D eigenvalue weighted by molar-refractivity contribution is -0.0823. The Balaban J connectivity index is 2.33. The summed E-state index contributed by atoms with van der Waals surface area (Å²) >= 11 is 0. The van der Waals surface area contributed by atoms with Crippen LogP contribution in [-0.2, 0) is 9.47 Å². The van der Waals surface area contributed by atoms with Gasteiger partial charge in [0, 0.05) is 14.2 Å². The minimum absolute atomic E-state index is 0.335. The molecule has 0 heterocycles. The molecule has 0 atom stereocenters. The first-order valence-electron chi connectivity index (χ1n) is 4.44. The highest BCUT2D eigenvalue weighted by Crippen LogP contribution is 2.29. The Hall–Kier alpha value is -0.120. The molecule has 0 bridgehead atoms. The Morgan fingerprint density at radius 1 is 1.33 bits per heavy atom. The molecule has 0 aliphatic heterocycles. The van der Waals surface area contributed by atoms with Crippen molar-refractivity contribution in [1.29, 1.82) is 0 Å². The summed E-state index contributed by atoms with van der Waals surface area (Å²) in [6.45, 7) is 0.448. The zero-order valence-electron chi connectivity index (χ0n) is 7.88. The third-order valence-electron chi connectivity index (χ3n) is 2.61. The molecule has 0 radical (unpaired) electrons. The second-order valence-electron chi connectivity index (χ2n) is 3.59. The Labute approximate surface area is 73.7 Å². The molecule has 72 valence electrons. The van der Waals surface area contributed by atoms with Crippen molar-refractivity contribution in [3.8, 4) is 0 Å². The maximum absolute atomic E-state index is 9.90. The topological polar surface area (TPSA) is 38.7 Å². The van der Waals surface area contributed by atoms with Gasteiger partial charge in [0.2, 0.25) is 0 Å². The first-order valence-corrected chi connectivity index (χ1v) is 4.44. The number of methoxy groups -OCH3 is 2. The van der Waals surface area contributed by atoms with E-state index in [0.29, 0.717) is 12.7 Å². The van der Waals surface area contributed by atoms with Crippen LogP contribution in [0.3, 0.4) is 0 Å². The maximum atomic E-state index is 9.90. The number of aliphatic hydroxyl groups is 1. The Kier molecular flexibility index (Phi) is 3.50. The van der Waals surface area contributed by atoms with Crippen LogP contribution in [0, 0.1) is 0 Å². The first-order chi connectivity index (χ1) is 5.70. The summed E-state index contributed by atoms with van der Waals surface area (Å²) in [5, 5.41) is 9.90. The van der Waals surface area contributed by atoms with Gasteiger partial charge in [-0.2, -0.15) is 0 Å². The van der Waals surface area contributed by atoms with E-state index in [1.807, 2.05) is 0 Å². The molecule has 0 aromatic rings. The Bertz CT molecular complexity index is 128. The van der Waals surface area contributed by atoms with Gasteiger partial charge in [0.25, 0.3) is 0 Å². The average molecular weight is 174 g/mol. The van der Waals surface area contributed by atoms with Crippen LogP contribution in [0.5, 0.6) is 0 Å². The monoisotopic (exact) mass is 174 g/mol. The van der Waals surface area contributed by atoms with Gasteiger partial charge in [0.15, 0.2) is 0 Å². The molecule has 3 heteroatoms. The molecule has 1 aliphatic rings. The third-order valence-corrected chi connectivity index (χ3v) is 2.61. The number of rotatable bonds is 3. The highest BCUT2D eigenvalue weighted by molar-refractivity contribution is 4.85. The highest BCUT2D eigenvalue weighted by atomic mass is 16.5. The lowest BCUT2D eigenvalue weighted by Gasteiger charge is -2.34. The molecule has 12 heavy (non-hydrogen) atoms. The zero-order chi connectivity index (χ0) is 9.03. The molecule has 1 fully saturated rings. The minimum atomic E-state index is -0.593. The Morgan fingerprint density at radius 2 is 1.92 bits per heavy atom. The van der Waals surface area contributed by atoms with Crippen molar-refractivity contribution in [3.05, 3.63) is 0 Å². The van der Waals surface area contributed by atoms with E-state index in [0.717, 1.165) is 25.7 Å². The number of ether oxygens (including phenoxy) is 2. The SMILES string of the molecule is COCC1(O)CCC(OC)CC1. The van der Waals surface area contributed by atoms with Crippen molar-refractivity contribution in [3.63, 3.8) is 0 Å². The van der Waals surface area contributed by atoms with Gasteiger partial charge >= 0.3 is 0 Å². The number of hydrogen-bond donors (Lipinski definition) is 1. The minimum Gasteiger partial charge on any atom is -0.387 e. The van der Waals surface area contributed by atoms with Crippen LogP contribution in [0.2, 0.25) is 0 Å². The Morgan fingerprint density at radius 3 is 2.33 bits per heavy atom. The molecule has 0 unspecified atom stereocenters. The lowest BCUT2D eigenvalue weighted by Crippen LogP contribution is -2.40. The molecule has 1 aliphatic carbocycles. The molecule has 0 spiro atoms. The van der Waals surface area contributed by atoms with E-state index in [1.54, 1.807) is 14.2 Å². The van der Waals surface area contributed by atoms with Crippen molar-refractivity contribution < 1.29 is 14.6 Å². The van der Waals surface area contributed by atoms with E-state index in [1.165, 1.54) is 0 Å². The molecule has 0 amide bonds. The van der Waals surface area contributed by atoms with Crippen molar-refractivity contribution in [2.45, 2.75) is 37.4 Å². The summed E-state index contributed by atoms with van der Waals surface area (Å²) in [6, 6.07) is 0. The van der Waals surface area contributed by atoms with Crippen LogP contribution in [0.25, 0.3) is 0 Å². The maximum Gasteiger partial charge on any atom is 0.0881 e.